The highest BCUT2D eigenvalue weighted by Crippen LogP contribution is 2.24. The fourth-order valence-electron chi connectivity index (χ4n) is 2.87. The van der Waals surface area contributed by atoms with E-state index in [0.29, 0.717) is 28.2 Å². The van der Waals surface area contributed by atoms with Gasteiger partial charge in [-0.1, -0.05) is 23.2 Å². The van der Waals surface area contributed by atoms with E-state index in [1.165, 1.54) is 12.8 Å². The third-order valence-electron chi connectivity index (χ3n) is 4.23. The molecule has 2 heterocycles. The third kappa shape index (κ3) is 4.29. The minimum atomic E-state index is -0.155. The molecule has 1 atom stereocenters. The molecule has 1 saturated heterocycles. The molecule has 1 fully saturated rings. The Bertz CT molecular complexity index is 710. The zero-order valence-electron chi connectivity index (χ0n) is 13.3. The molecule has 3 rings (SSSR count). The van der Waals surface area contributed by atoms with Crippen molar-refractivity contribution >= 4 is 29.1 Å². The van der Waals surface area contributed by atoms with Crippen molar-refractivity contribution in [3.05, 3.63) is 46.2 Å². The molecule has 128 valence electrons. The first-order chi connectivity index (χ1) is 11.6. The number of carbonyl (C=O) groups is 1. The summed E-state index contributed by atoms with van der Waals surface area (Å²) in [4.78, 5) is 12.2. The highest BCUT2D eigenvalue weighted by atomic mass is 35.5. The highest BCUT2D eigenvalue weighted by molar-refractivity contribution is 6.42. The quantitative estimate of drug-likeness (QED) is 0.853. The Morgan fingerprint density at radius 1 is 1.33 bits per heavy atom. The number of benzene rings is 1. The molecule has 1 aromatic heterocycles. The lowest BCUT2D eigenvalue weighted by molar-refractivity contribution is 0.0945. The number of nitrogens with zero attached hydrogens (tertiary/aromatic N) is 2. The Kier molecular flexibility index (Phi) is 5.76. The van der Waals surface area contributed by atoms with E-state index in [1.54, 1.807) is 35.1 Å². The number of carbonyl (C=O) groups excluding carboxylic acids is 1. The van der Waals surface area contributed by atoms with Crippen LogP contribution in [-0.4, -0.2) is 35.3 Å². The Hall–Kier alpha value is -1.56. The van der Waals surface area contributed by atoms with Gasteiger partial charge in [-0.25, -0.2) is 4.68 Å². The highest BCUT2D eigenvalue weighted by Gasteiger charge is 2.14. The maximum absolute atomic E-state index is 12.2. The van der Waals surface area contributed by atoms with Gasteiger partial charge in [0.2, 0.25) is 0 Å². The molecule has 0 bridgehead atoms. The lowest BCUT2D eigenvalue weighted by Crippen LogP contribution is -2.33. The van der Waals surface area contributed by atoms with Crippen LogP contribution >= 0.6 is 23.2 Å². The van der Waals surface area contributed by atoms with Crippen molar-refractivity contribution in [1.82, 2.24) is 20.4 Å². The fourth-order valence-corrected chi connectivity index (χ4v) is 3.16. The topological polar surface area (TPSA) is 59.0 Å². The van der Waals surface area contributed by atoms with Crippen LogP contribution < -0.4 is 10.6 Å². The number of halogens is 2. The van der Waals surface area contributed by atoms with Gasteiger partial charge in [0, 0.05) is 12.7 Å². The predicted molar refractivity (Wildman–Crippen MR) is 96.1 cm³/mol. The SMILES string of the molecule is O=C(NCCC1CCCNC1)c1ccn(-c2ccc(Cl)c(Cl)c2)n1. The molecule has 1 unspecified atom stereocenters. The number of nitrogens with one attached hydrogen (secondary N) is 2. The Labute approximate surface area is 151 Å². The molecule has 1 amide bonds. The molecule has 2 N–H and O–H groups in total. The van der Waals surface area contributed by atoms with Gasteiger partial charge >= 0.3 is 0 Å². The Morgan fingerprint density at radius 2 is 2.21 bits per heavy atom. The molecule has 2 aromatic rings. The summed E-state index contributed by atoms with van der Waals surface area (Å²) in [5.41, 5.74) is 1.15. The number of amides is 1. The normalized spacial score (nSPS) is 17.7. The van der Waals surface area contributed by atoms with Gasteiger partial charge in [-0.2, -0.15) is 5.10 Å². The van der Waals surface area contributed by atoms with Crippen molar-refractivity contribution in [3.8, 4) is 5.69 Å². The van der Waals surface area contributed by atoms with Crippen molar-refractivity contribution in [1.29, 1.82) is 0 Å². The predicted octanol–water partition coefficient (Wildman–Crippen LogP) is 3.30. The smallest absolute Gasteiger partial charge is 0.271 e. The van der Waals surface area contributed by atoms with E-state index in [0.717, 1.165) is 25.2 Å². The van der Waals surface area contributed by atoms with Crippen LogP contribution in [0.4, 0.5) is 0 Å². The average Bonchev–Trinajstić information content (AvgIpc) is 3.08. The number of hydrogen-bond donors (Lipinski definition) is 2. The van der Waals surface area contributed by atoms with Crippen LogP contribution in [0.5, 0.6) is 0 Å². The minimum Gasteiger partial charge on any atom is -0.351 e. The maximum atomic E-state index is 12.2. The molecule has 7 heteroatoms. The van der Waals surface area contributed by atoms with Crippen LogP contribution in [0, 0.1) is 5.92 Å². The Balaban J connectivity index is 1.56. The van der Waals surface area contributed by atoms with Gasteiger partial charge < -0.3 is 10.6 Å². The van der Waals surface area contributed by atoms with E-state index in [4.69, 9.17) is 23.2 Å². The maximum Gasteiger partial charge on any atom is 0.271 e. The molecule has 0 radical (unpaired) electrons. The summed E-state index contributed by atoms with van der Waals surface area (Å²) in [6.45, 7) is 2.82. The van der Waals surface area contributed by atoms with Gasteiger partial charge in [0.1, 0.15) is 0 Å². The first kappa shape index (κ1) is 17.3. The van der Waals surface area contributed by atoms with Crippen LogP contribution in [0.1, 0.15) is 29.8 Å². The molecule has 1 aliphatic heterocycles. The van der Waals surface area contributed by atoms with Gasteiger partial charge in [0.15, 0.2) is 5.69 Å². The molecule has 5 nitrogen and oxygen atoms in total. The molecule has 1 aliphatic rings. The van der Waals surface area contributed by atoms with Crippen molar-refractivity contribution in [3.63, 3.8) is 0 Å². The average molecular weight is 367 g/mol. The first-order valence-electron chi connectivity index (χ1n) is 8.13. The van der Waals surface area contributed by atoms with Crippen LogP contribution in [0.25, 0.3) is 5.69 Å². The van der Waals surface area contributed by atoms with E-state index >= 15 is 0 Å². The standard InChI is InChI=1S/C17H20Cl2N4O/c18-14-4-3-13(10-15(14)19)23-9-6-16(22-23)17(24)21-8-5-12-2-1-7-20-11-12/h3-4,6,9-10,12,20H,1-2,5,7-8,11H2,(H,21,24). The molecule has 1 aromatic carbocycles. The first-order valence-corrected chi connectivity index (χ1v) is 8.89. The summed E-state index contributed by atoms with van der Waals surface area (Å²) >= 11 is 11.9. The van der Waals surface area contributed by atoms with Gasteiger partial charge in [0.05, 0.1) is 15.7 Å². The lowest BCUT2D eigenvalue weighted by atomic mass is 9.96. The van der Waals surface area contributed by atoms with Gasteiger partial charge in [-0.3, -0.25) is 4.79 Å². The monoisotopic (exact) mass is 366 g/mol. The molecule has 0 saturated carbocycles. The molecular weight excluding hydrogens is 347 g/mol. The van der Waals surface area contributed by atoms with Crippen LogP contribution in [0.2, 0.25) is 10.0 Å². The lowest BCUT2D eigenvalue weighted by Gasteiger charge is -2.22. The van der Waals surface area contributed by atoms with Crippen molar-refractivity contribution in [2.24, 2.45) is 5.92 Å². The van der Waals surface area contributed by atoms with E-state index in [-0.39, 0.29) is 5.91 Å². The summed E-state index contributed by atoms with van der Waals surface area (Å²) in [5.74, 6) is 0.491. The van der Waals surface area contributed by atoms with Gasteiger partial charge in [-0.05, 0) is 62.5 Å². The largest absolute Gasteiger partial charge is 0.351 e. The van der Waals surface area contributed by atoms with Crippen molar-refractivity contribution in [2.75, 3.05) is 19.6 Å². The van der Waals surface area contributed by atoms with E-state index < -0.39 is 0 Å². The van der Waals surface area contributed by atoms with Crippen LogP contribution in [0.15, 0.2) is 30.5 Å². The second-order valence-corrected chi connectivity index (χ2v) is 6.82. The van der Waals surface area contributed by atoms with Crippen LogP contribution in [-0.2, 0) is 0 Å². The number of rotatable bonds is 5. The molecule has 24 heavy (non-hydrogen) atoms. The minimum absolute atomic E-state index is 0.155. The van der Waals surface area contributed by atoms with E-state index in [1.807, 2.05) is 0 Å². The second-order valence-electron chi connectivity index (χ2n) is 6.00. The summed E-state index contributed by atoms with van der Waals surface area (Å²) in [6.07, 6.45) is 5.17. The summed E-state index contributed by atoms with van der Waals surface area (Å²) < 4.78 is 1.61. The van der Waals surface area contributed by atoms with E-state index in [2.05, 4.69) is 15.7 Å². The zero-order valence-corrected chi connectivity index (χ0v) is 14.8. The van der Waals surface area contributed by atoms with E-state index in [9.17, 15) is 4.79 Å². The fraction of sp³-hybridized carbons (Fsp3) is 0.412. The summed E-state index contributed by atoms with van der Waals surface area (Å²) in [6, 6.07) is 6.92. The molecular formula is C17H20Cl2N4O. The number of hydrogen-bond acceptors (Lipinski definition) is 3. The van der Waals surface area contributed by atoms with Crippen LogP contribution in [0.3, 0.4) is 0 Å². The summed E-state index contributed by atoms with van der Waals surface area (Å²) in [5, 5.41) is 11.6. The van der Waals surface area contributed by atoms with Crippen molar-refractivity contribution < 1.29 is 4.79 Å². The number of piperidine rings is 1. The third-order valence-corrected chi connectivity index (χ3v) is 4.97. The van der Waals surface area contributed by atoms with Crippen molar-refractivity contribution in [2.45, 2.75) is 19.3 Å². The van der Waals surface area contributed by atoms with Gasteiger partial charge in [0.25, 0.3) is 5.91 Å². The zero-order chi connectivity index (χ0) is 16.9. The number of aromatic nitrogens is 2. The van der Waals surface area contributed by atoms with Gasteiger partial charge in [-0.15, -0.1) is 0 Å². The molecule has 0 aliphatic carbocycles. The second kappa shape index (κ2) is 8.01. The molecule has 0 spiro atoms. The summed E-state index contributed by atoms with van der Waals surface area (Å²) in [7, 11) is 0. The Morgan fingerprint density at radius 3 is 2.96 bits per heavy atom.